The second-order valence-electron chi connectivity index (χ2n) is 4.67. The van der Waals surface area contributed by atoms with Crippen LogP contribution in [0.25, 0.3) is 0 Å². The average molecular weight is 244 g/mol. The van der Waals surface area contributed by atoms with Gasteiger partial charge in [-0.25, -0.2) is 0 Å². The molecule has 0 aliphatic heterocycles. The van der Waals surface area contributed by atoms with Crippen LogP contribution in [0.5, 0.6) is 0 Å². The zero-order chi connectivity index (χ0) is 11.0. The number of hydrogen-bond donors (Lipinski definition) is 1. The third-order valence-electron chi connectivity index (χ3n) is 3.48. The minimum atomic E-state index is 0. The second-order valence-corrected chi connectivity index (χ2v) is 4.67. The normalized spacial score (nSPS) is 23.0. The summed E-state index contributed by atoms with van der Waals surface area (Å²) in [4.78, 5) is 0. The summed E-state index contributed by atoms with van der Waals surface area (Å²) in [5.74, 6) is 0.867. The first-order valence-electron chi connectivity index (χ1n) is 5.89. The van der Waals surface area contributed by atoms with Crippen LogP contribution in [0.2, 0.25) is 0 Å². The first-order valence-corrected chi connectivity index (χ1v) is 5.89. The lowest BCUT2D eigenvalue weighted by atomic mass is 10.2. The Balaban J connectivity index is 0.00000128. The highest BCUT2D eigenvalue weighted by molar-refractivity contribution is 5.85. The van der Waals surface area contributed by atoms with Crippen molar-refractivity contribution < 1.29 is 0 Å². The lowest BCUT2D eigenvalue weighted by Crippen LogP contribution is -2.18. The van der Waals surface area contributed by atoms with Crippen LogP contribution in [0.15, 0.2) is 0 Å². The minimum absolute atomic E-state index is 0. The van der Waals surface area contributed by atoms with E-state index in [1.807, 2.05) is 0 Å². The van der Waals surface area contributed by atoms with Crippen LogP contribution in [0.4, 0.5) is 0 Å². The molecule has 0 bridgehead atoms. The molecule has 0 spiro atoms. The number of nitrogens with one attached hydrogen (secondary N) is 1. The Morgan fingerprint density at radius 3 is 2.50 bits per heavy atom. The molecule has 3 nitrogen and oxygen atoms in total. The molecule has 1 N–H and O–H groups in total. The number of aryl methyl sites for hydroxylation is 2. The maximum atomic E-state index is 4.52. The molecule has 1 heterocycles. The third kappa shape index (κ3) is 2.58. The molecule has 0 aromatic carbocycles. The van der Waals surface area contributed by atoms with Gasteiger partial charge in [-0.15, -0.1) is 12.4 Å². The fourth-order valence-corrected chi connectivity index (χ4v) is 2.14. The number of halogens is 1. The van der Waals surface area contributed by atoms with Gasteiger partial charge in [-0.1, -0.05) is 6.92 Å². The molecule has 16 heavy (non-hydrogen) atoms. The van der Waals surface area contributed by atoms with E-state index in [9.17, 15) is 0 Å². The molecule has 2 unspecified atom stereocenters. The SMILES string of the molecule is CCn1nc(C)c(CNC2CC2C)c1C.Cl. The van der Waals surface area contributed by atoms with Crippen molar-refractivity contribution in [1.29, 1.82) is 0 Å². The minimum Gasteiger partial charge on any atom is -0.310 e. The van der Waals surface area contributed by atoms with Crippen LogP contribution < -0.4 is 5.32 Å². The molecule has 1 fully saturated rings. The summed E-state index contributed by atoms with van der Waals surface area (Å²) in [5, 5.41) is 8.11. The van der Waals surface area contributed by atoms with E-state index in [0.717, 1.165) is 25.0 Å². The fraction of sp³-hybridized carbons (Fsp3) is 0.750. The predicted octanol–water partition coefficient (Wildman–Crippen LogP) is 2.44. The van der Waals surface area contributed by atoms with Crippen molar-refractivity contribution in [3.63, 3.8) is 0 Å². The standard InChI is InChI=1S/C12H21N3.ClH/c1-5-15-10(4)11(9(3)14-15)7-13-12-6-8(12)2;/h8,12-13H,5-7H2,1-4H3;1H. The number of rotatable bonds is 4. The van der Waals surface area contributed by atoms with Crippen molar-refractivity contribution in [3.8, 4) is 0 Å². The Bertz CT molecular complexity index is 359. The lowest BCUT2D eigenvalue weighted by molar-refractivity contribution is 0.626. The molecule has 1 aromatic rings. The van der Waals surface area contributed by atoms with Crippen LogP contribution in [0.1, 0.15) is 37.2 Å². The molecule has 0 amide bonds. The zero-order valence-electron chi connectivity index (χ0n) is 10.6. The highest BCUT2D eigenvalue weighted by atomic mass is 35.5. The molecule has 4 heteroatoms. The Morgan fingerprint density at radius 2 is 2.06 bits per heavy atom. The molecule has 1 aromatic heterocycles. The van der Waals surface area contributed by atoms with Gasteiger partial charge in [0.1, 0.15) is 0 Å². The van der Waals surface area contributed by atoms with Gasteiger partial charge in [0, 0.05) is 30.4 Å². The Kier molecular flexibility index (Phi) is 4.39. The molecule has 1 aliphatic rings. The van der Waals surface area contributed by atoms with Gasteiger partial charge in [0.2, 0.25) is 0 Å². The van der Waals surface area contributed by atoms with E-state index in [1.54, 1.807) is 0 Å². The van der Waals surface area contributed by atoms with Gasteiger partial charge in [-0.2, -0.15) is 5.10 Å². The number of nitrogens with zero attached hydrogens (tertiary/aromatic N) is 2. The van der Waals surface area contributed by atoms with E-state index < -0.39 is 0 Å². The van der Waals surface area contributed by atoms with Gasteiger partial charge < -0.3 is 5.32 Å². The summed E-state index contributed by atoms with van der Waals surface area (Å²) >= 11 is 0. The maximum Gasteiger partial charge on any atom is 0.0641 e. The first kappa shape index (κ1) is 13.5. The smallest absolute Gasteiger partial charge is 0.0641 e. The maximum absolute atomic E-state index is 4.52. The van der Waals surface area contributed by atoms with Gasteiger partial charge in [0.05, 0.1) is 5.69 Å². The Labute approximate surface area is 104 Å². The lowest BCUT2D eigenvalue weighted by Gasteiger charge is -2.04. The average Bonchev–Trinajstić information content (AvgIpc) is 2.83. The monoisotopic (exact) mass is 243 g/mol. The van der Waals surface area contributed by atoms with Gasteiger partial charge in [-0.05, 0) is 33.1 Å². The van der Waals surface area contributed by atoms with Crippen LogP contribution in [-0.2, 0) is 13.1 Å². The van der Waals surface area contributed by atoms with E-state index in [0.29, 0.717) is 0 Å². The highest BCUT2D eigenvalue weighted by Crippen LogP contribution is 2.29. The summed E-state index contributed by atoms with van der Waals surface area (Å²) in [6, 6.07) is 0.744. The van der Waals surface area contributed by atoms with E-state index in [4.69, 9.17) is 0 Å². The molecule has 2 atom stereocenters. The first-order chi connectivity index (χ1) is 7.13. The van der Waals surface area contributed by atoms with Crippen molar-refractivity contribution in [2.24, 2.45) is 5.92 Å². The summed E-state index contributed by atoms with van der Waals surface area (Å²) in [5.41, 5.74) is 3.88. The van der Waals surface area contributed by atoms with Crippen molar-refractivity contribution in [2.45, 2.75) is 53.2 Å². The zero-order valence-corrected chi connectivity index (χ0v) is 11.4. The highest BCUT2D eigenvalue weighted by Gasteiger charge is 2.32. The molecular formula is C12H22ClN3. The van der Waals surface area contributed by atoms with Crippen molar-refractivity contribution in [1.82, 2.24) is 15.1 Å². The largest absolute Gasteiger partial charge is 0.310 e. The van der Waals surface area contributed by atoms with Gasteiger partial charge >= 0.3 is 0 Å². The molecule has 0 radical (unpaired) electrons. The van der Waals surface area contributed by atoms with Crippen LogP contribution >= 0.6 is 12.4 Å². The predicted molar refractivity (Wildman–Crippen MR) is 69.0 cm³/mol. The van der Waals surface area contributed by atoms with Gasteiger partial charge in [0.25, 0.3) is 0 Å². The molecule has 1 saturated carbocycles. The van der Waals surface area contributed by atoms with Crippen molar-refractivity contribution in [3.05, 3.63) is 17.0 Å². The van der Waals surface area contributed by atoms with E-state index in [2.05, 4.69) is 42.8 Å². The van der Waals surface area contributed by atoms with Gasteiger partial charge in [-0.3, -0.25) is 4.68 Å². The molecule has 0 saturated heterocycles. The van der Waals surface area contributed by atoms with Gasteiger partial charge in [0.15, 0.2) is 0 Å². The van der Waals surface area contributed by atoms with Crippen molar-refractivity contribution in [2.75, 3.05) is 0 Å². The fourth-order valence-electron chi connectivity index (χ4n) is 2.14. The summed E-state index contributed by atoms with van der Waals surface area (Å²) in [6.07, 6.45) is 1.33. The van der Waals surface area contributed by atoms with Crippen LogP contribution in [-0.4, -0.2) is 15.8 Å². The topological polar surface area (TPSA) is 29.9 Å². The van der Waals surface area contributed by atoms with E-state index >= 15 is 0 Å². The molecular weight excluding hydrogens is 222 g/mol. The number of hydrogen-bond acceptors (Lipinski definition) is 2. The summed E-state index contributed by atoms with van der Waals surface area (Å²) < 4.78 is 2.09. The third-order valence-corrected chi connectivity index (χ3v) is 3.48. The second kappa shape index (κ2) is 5.19. The Hall–Kier alpha value is -0.540. The molecule has 1 aliphatic carbocycles. The van der Waals surface area contributed by atoms with Crippen LogP contribution in [0.3, 0.4) is 0 Å². The van der Waals surface area contributed by atoms with Crippen molar-refractivity contribution >= 4 is 12.4 Å². The summed E-state index contributed by atoms with van der Waals surface area (Å²) in [6.45, 7) is 10.6. The molecule has 2 rings (SSSR count). The molecule has 92 valence electrons. The quantitative estimate of drug-likeness (QED) is 0.881. The Morgan fingerprint density at radius 1 is 1.44 bits per heavy atom. The van der Waals surface area contributed by atoms with Crippen LogP contribution in [0, 0.1) is 19.8 Å². The number of aromatic nitrogens is 2. The summed E-state index contributed by atoms with van der Waals surface area (Å²) in [7, 11) is 0. The van der Waals surface area contributed by atoms with E-state index in [-0.39, 0.29) is 12.4 Å². The van der Waals surface area contributed by atoms with E-state index in [1.165, 1.54) is 23.4 Å².